The number of benzene rings is 1. The summed E-state index contributed by atoms with van der Waals surface area (Å²) in [5.41, 5.74) is 2.59. The summed E-state index contributed by atoms with van der Waals surface area (Å²) < 4.78 is 1.96. The lowest BCUT2D eigenvalue weighted by Crippen LogP contribution is -2.44. The van der Waals surface area contributed by atoms with Gasteiger partial charge >= 0.3 is 0 Å². The highest BCUT2D eigenvalue weighted by molar-refractivity contribution is 6.19. The highest BCUT2D eigenvalue weighted by Crippen LogP contribution is 2.34. The molecule has 0 aliphatic carbocycles. The highest BCUT2D eigenvalue weighted by Gasteiger charge is 2.45. The number of rotatable bonds is 3. The first kappa shape index (κ1) is 16.7. The lowest BCUT2D eigenvalue weighted by Gasteiger charge is -2.31. The quantitative estimate of drug-likeness (QED) is 0.565. The molecule has 28 heavy (non-hydrogen) atoms. The van der Waals surface area contributed by atoms with E-state index in [9.17, 15) is 9.90 Å². The third-order valence-corrected chi connectivity index (χ3v) is 5.08. The van der Waals surface area contributed by atoms with Crippen LogP contribution in [0.15, 0.2) is 73.4 Å². The zero-order chi connectivity index (χ0) is 19.3. The molecular weight excluding hydrogens is 351 g/mol. The first-order valence-electron chi connectivity index (χ1n) is 8.84. The summed E-state index contributed by atoms with van der Waals surface area (Å²) in [6, 6.07) is 15.1. The maximum atomic E-state index is 12.6. The van der Waals surface area contributed by atoms with E-state index in [0.717, 1.165) is 22.2 Å². The molecule has 2 radical (unpaired) electrons. The lowest BCUT2D eigenvalue weighted by atomic mass is 9.87. The van der Waals surface area contributed by atoms with Gasteiger partial charge in [0.2, 0.25) is 0 Å². The number of aliphatic hydroxyl groups is 1. The molecule has 1 aliphatic heterocycles. The van der Waals surface area contributed by atoms with E-state index in [2.05, 4.69) is 9.97 Å². The van der Waals surface area contributed by atoms with E-state index in [1.165, 1.54) is 11.1 Å². The second-order valence-corrected chi connectivity index (χ2v) is 6.86. The van der Waals surface area contributed by atoms with Gasteiger partial charge in [-0.2, -0.15) is 0 Å². The number of imidazole rings is 1. The van der Waals surface area contributed by atoms with E-state index in [0.29, 0.717) is 5.56 Å². The minimum absolute atomic E-state index is 0.184. The zero-order valence-electron chi connectivity index (χ0n) is 14.9. The van der Waals surface area contributed by atoms with Crippen LogP contribution in [0.25, 0.3) is 16.6 Å². The predicted molar refractivity (Wildman–Crippen MR) is 104 cm³/mol. The number of hydrogen-bond acceptors (Lipinski definition) is 4. The molecular formula is C21H15BN4O2. The van der Waals surface area contributed by atoms with E-state index in [4.69, 9.17) is 7.85 Å². The fraction of sp³-hybridized carbons (Fsp3) is 0.0952. The van der Waals surface area contributed by atoms with Crippen molar-refractivity contribution in [2.75, 3.05) is 0 Å². The molecule has 0 spiro atoms. The van der Waals surface area contributed by atoms with Gasteiger partial charge in [0, 0.05) is 18.9 Å². The first-order valence-corrected chi connectivity index (χ1v) is 8.84. The zero-order valence-corrected chi connectivity index (χ0v) is 14.9. The van der Waals surface area contributed by atoms with Crippen molar-refractivity contribution in [1.82, 2.24) is 19.3 Å². The van der Waals surface area contributed by atoms with Crippen molar-refractivity contribution in [3.8, 4) is 11.1 Å². The maximum Gasteiger partial charge on any atom is 0.258 e. The highest BCUT2D eigenvalue weighted by atomic mass is 16.3. The molecule has 1 aliphatic rings. The van der Waals surface area contributed by atoms with Gasteiger partial charge in [0.05, 0.1) is 29.3 Å². The smallest absolute Gasteiger partial charge is 0.258 e. The van der Waals surface area contributed by atoms with Gasteiger partial charge < -0.3 is 14.4 Å². The van der Waals surface area contributed by atoms with Gasteiger partial charge in [0.25, 0.3) is 5.91 Å². The second-order valence-electron chi connectivity index (χ2n) is 6.86. The van der Waals surface area contributed by atoms with Crippen LogP contribution in [0.4, 0.5) is 0 Å². The fourth-order valence-electron chi connectivity index (χ4n) is 3.57. The Morgan fingerprint density at radius 3 is 2.64 bits per heavy atom. The molecule has 4 aromatic rings. The molecule has 4 heterocycles. The lowest BCUT2D eigenvalue weighted by molar-refractivity contribution is -0.0223. The summed E-state index contributed by atoms with van der Waals surface area (Å²) in [7, 11) is 6.02. The SMILES string of the molecule is [B]C1(O)c2ncccc2C(=O)N1Cc1ccc(-c2ccc3cncn3c2)cc1. The Hall–Kier alpha value is -3.45. The van der Waals surface area contributed by atoms with Crippen molar-refractivity contribution in [3.63, 3.8) is 0 Å². The molecule has 0 saturated carbocycles. The molecule has 1 amide bonds. The molecule has 1 atom stereocenters. The average molecular weight is 366 g/mol. The Bertz CT molecular complexity index is 1200. The van der Waals surface area contributed by atoms with Crippen LogP contribution in [0.3, 0.4) is 0 Å². The van der Waals surface area contributed by atoms with Crippen molar-refractivity contribution >= 4 is 19.3 Å². The van der Waals surface area contributed by atoms with Crippen LogP contribution >= 0.6 is 0 Å². The minimum atomic E-state index is -1.92. The molecule has 1 N–H and O–H groups in total. The van der Waals surface area contributed by atoms with Gasteiger partial charge in [-0.05, 0) is 34.9 Å². The van der Waals surface area contributed by atoms with E-state index in [1.807, 2.05) is 47.0 Å². The number of amides is 1. The van der Waals surface area contributed by atoms with E-state index >= 15 is 0 Å². The minimum Gasteiger partial charge on any atom is -0.374 e. The van der Waals surface area contributed by atoms with Crippen molar-refractivity contribution in [2.24, 2.45) is 0 Å². The number of aromatic nitrogens is 3. The van der Waals surface area contributed by atoms with E-state index in [-0.39, 0.29) is 18.1 Å². The Morgan fingerprint density at radius 1 is 1.07 bits per heavy atom. The molecule has 0 saturated heterocycles. The van der Waals surface area contributed by atoms with Crippen molar-refractivity contribution in [1.29, 1.82) is 0 Å². The normalized spacial score (nSPS) is 18.6. The number of carbonyl (C=O) groups excluding carboxylic acids is 1. The molecule has 1 aromatic carbocycles. The number of pyridine rings is 2. The largest absolute Gasteiger partial charge is 0.374 e. The molecule has 134 valence electrons. The summed E-state index contributed by atoms with van der Waals surface area (Å²) in [4.78, 5) is 22.1. The standard InChI is InChI=1S/C21H15BN4O2/c22-21(28)19-18(2-1-9-24-19)20(27)26(21)11-14-3-5-15(6-4-14)16-7-8-17-10-23-13-25(17)12-16/h1-10,12-13,28H,11H2. The first-order chi connectivity index (χ1) is 13.5. The molecule has 7 heteroatoms. The van der Waals surface area contributed by atoms with E-state index < -0.39 is 5.62 Å². The van der Waals surface area contributed by atoms with Crippen LogP contribution in [0.2, 0.25) is 0 Å². The van der Waals surface area contributed by atoms with Gasteiger partial charge in [0.1, 0.15) is 5.62 Å². The Labute approximate surface area is 162 Å². The van der Waals surface area contributed by atoms with Gasteiger partial charge in [-0.1, -0.05) is 30.3 Å². The van der Waals surface area contributed by atoms with Crippen molar-refractivity contribution in [2.45, 2.75) is 12.2 Å². The Balaban J connectivity index is 1.42. The molecule has 0 fully saturated rings. The Morgan fingerprint density at radius 2 is 1.86 bits per heavy atom. The summed E-state index contributed by atoms with van der Waals surface area (Å²) in [5, 5.41) is 10.7. The Kier molecular flexibility index (Phi) is 3.60. The fourth-order valence-corrected chi connectivity index (χ4v) is 3.57. The van der Waals surface area contributed by atoms with Crippen LogP contribution in [-0.2, 0) is 12.2 Å². The maximum absolute atomic E-state index is 12.6. The summed E-state index contributed by atoms with van der Waals surface area (Å²) >= 11 is 0. The topological polar surface area (TPSA) is 70.7 Å². The number of nitrogens with zero attached hydrogens (tertiary/aromatic N) is 4. The molecule has 1 unspecified atom stereocenters. The van der Waals surface area contributed by atoms with Crippen LogP contribution in [-0.4, -0.2) is 38.1 Å². The molecule has 6 nitrogen and oxygen atoms in total. The van der Waals surface area contributed by atoms with Crippen LogP contribution < -0.4 is 0 Å². The van der Waals surface area contributed by atoms with Gasteiger partial charge in [-0.3, -0.25) is 9.78 Å². The molecule has 3 aromatic heterocycles. The number of hydrogen-bond donors (Lipinski definition) is 1. The van der Waals surface area contributed by atoms with Crippen molar-refractivity contribution < 1.29 is 9.90 Å². The van der Waals surface area contributed by atoms with E-state index in [1.54, 1.807) is 24.7 Å². The van der Waals surface area contributed by atoms with Crippen LogP contribution in [0.5, 0.6) is 0 Å². The van der Waals surface area contributed by atoms with Crippen LogP contribution in [0, 0.1) is 0 Å². The summed E-state index contributed by atoms with van der Waals surface area (Å²) in [6.45, 7) is 0.184. The second kappa shape index (κ2) is 6.04. The third-order valence-electron chi connectivity index (χ3n) is 5.08. The monoisotopic (exact) mass is 366 g/mol. The number of fused-ring (bicyclic) bond motifs is 2. The average Bonchev–Trinajstić information content (AvgIpc) is 3.26. The van der Waals surface area contributed by atoms with Gasteiger partial charge in [0.15, 0.2) is 7.85 Å². The predicted octanol–water partition coefficient (Wildman–Crippen LogP) is 2.32. The van der Waals surface area contributed by atoms with Crippen molar-refractivity contribution in [3.05, 3.63) is 90.3 Å². The molecule has 5 rings (SSSR count). The van der Waals surface area contributed by atoms with Gasteiger partial charge in [-0.25, -0.2) is 4.98 Å². The third kappa shape index (κ3) is 2.51. The summed E-state index contributed by atoms with van der Waals surface area (Å²) in [5.74, 6) is -0.331. The van der Waals surface area contributed by atoms with Crippen LogP contribution in [0.1, 0.15) is 21.6 Å². The summed E-state index contributed by atoms with van der Waals surface area (Å²) in [6.07, 6.45) is 7.10. The van der Waals surface area contributed by atoms with Gasteiger partial charge in [-0.15, -0.1) is 0 Å². The number of carbonyl (C=O) groups is 1. The molecule has 0 bridgehead atoms.